The van der Waals surface area contributed by atoms with Gasteiger partial charge < -0.3 is 20.7 Å². The Morgan fingerprint density at radius 1 is 1.23 bits per heavy atom. The Morgan fingerprint density at radius 3 is 2.69 bits per heavy atom. The molecule has 3 rings (SSSR count). The van der Waals surface area contributed by atoms with E-state index < -0.39 is 5.91 Å². The first kappa shape index (κ1) is 18.2. The molecule has 2 amide bonds. The van der Waals surface area contributed by atoms with Crippen molar-refractivity contribution in [2.75, 3.05) is 50.1 Å². The fraction of sp³-hybridized carbons (Fsp3) is 0.333. The predicted octanol–water partition coefficient (Wildman–Crippen LogP) is 1.62. The minimum atomic E-state index is -0.534. The van der Waals surface area contributed by atoms with Crippen molar-refractivity contribution >= 4 is 33.8 Å². The first-order valence-corrected chi connectivity index (χ1v) is 9.23. The van der Waals surface area contributed by atoms with E-state index in [0.29, 0.717) is 17.1 Å². The standard InChI is InChI=1S/C18H22N4O3S/c1-25-14-4-2-3-13(11-14)22-8-6-21(7-9-22)12-16(23)20-18-15(17(19)24)5-10-26-18/h2-5,10-11H,6-9,12H2,1H3,(H2,19,24)(H,20,23). The summed E-state index contributed by atoms with van der Waals surface area (Å²) in [4.78, 5) is 28.0. The van der Waals surface area contributed by atoms with E-state index in [2.05, 4.69) is 21.2 Å². The van der Waals surface area contributed by atoms with Crippen LogP contribution in [-0.2, 0) is 4.79 Å². The molecule has 0 bridgehead atoms. The van der Waals surface area contributed by atoms with E-state index in [-0.39, 0.29) is 5.91 Å². The molecular formula is C18H22N4O3S. The van der Waals surface area contributed by atoms with Gasteiger partial charge in [0.25, 0.3) is 5.91 Å². The number of benzene rings is 1. The van der Waals surface area contributed by atoms with Gasteiger partial charge in [-0.15, -0.1) is 11.3 Å². The number of amides is 2. The Balaban J connectivity index is 1.51. The van der Waals surface area contributed by atoms with Crippen molar-refractivity contribution in [1.29, 1.82) is 0 Å². The van der Waals surface area contributed by atoms with Crippen LogP contribution in [-0.4, -0.2) is 56.5 Å². The van der Waals surface area contributed by atoms with Crippen molar-refractivity contribution in [3.05, 3.63) is 41.3 Å². The molecule has 8 heteroatoms. The van der Waals surface area contributed by atoms with Crippen LogP contribution in [0, 0.1) is 0 Å². The molecule has 2 heterocycles. The molecule has 1 fully saturated rings. The van der Waals surface area contributed by atoms with Gasteiger partial charge >= 0.3 is 0 Å². The number of hydrogen-bond donors (Lipinski definition) is 2. The Kier molecular flexibility index (Phi) is 5.75. The van der Waals surface area contributed by atoms with E-state index in [9.17, 15) is 9.59 Å². The smallest absolute Gasteiger partial charge is 0.251 e. The molecule has 1 aromatic carbocycles. The molecule has 138 valence electrons. The number of carbonyl (C=O) groups excluding carboxylic acids is 2. The molecule has 1 aliphatic rings. The topological polar surface area (TPSA) is 87.9 Å². The number of nitrogens with two attached hydrogens (primary N) is 1. The number of anilines is 2. The molecular weight excluding hydrogens is 352 g/mol. The highest BCUT2D eigenvalue weighted by Crippen LogP contribution is 2.23. The van der Waals surface area contributed by atoms with Crippen LogP contribution in [0.5, 0.6) is 5.75 Å². The Labute approximate surface area is 156 Å². The maximum absolute atomic E-state index is 12.3. The van der Waals surface area contributed by atoms with E-state index in [1.165, 1.54) is 11.3 Å². The van der Waals surface area contributed by atoms with E-state index in [1.807, 2.05) is 18.2 Å². The Bertz CT molecular complexity index is 784. The lowest BCUT2D eigenvalue weighted by atomic mass is 10.2. The number of piperazine rings is 1. The summed E-state index contributed by atoms with van der Waals surface area (Å²) in [5.41, 5.74) is 6.78. The molecule has 0 spiro atoms. The zero-order valence-electron chi connectivity index (χ0n) is 14.6. The maximum atomic E-state index is 12.3. The third kappa shape index (κ3) is 4.33. The van der Waals surface area contributed by atoms with Gasteiger partial charge in [0.2, 0.25) is 5.91 Å². The second-order valence-corrected chi connectivity index (χ2v) is 6.96. The van der Waals surface area contributed by atoms with Crippen LogP contribution in [0.15, 0.2) is 35.7 Å². The van der Waals surface area contributed by atoms with Gasteiger partial charge in [0.1, 0.15) is 10.8 Å². The number of thiophene rings is 1. The highest BCUT2D eigenvalue weighted by atomic mass is 32.1. The second-order valence-electron chi connectivity index (χ2n) is 6.04. The van der Waals surface area contributed by atoms with E-state index in [1.54, 1.807) is 18.6 Å². The first-order valence-electron chi connectivity index (χ1n) is 8.35. The molecule has 0 saturated carbocycles. The zero-order chi connectivity index (χ0) is 18.5. The van der Waals surface area contributed by atoms with Gasteiger partial charge in [-0.1, -0.05) is 6.07 Å². The maximum Gasteiger partial charge on any atom is 0.251 e. The molecule has 7 nitrogen and oxygen atoms in total. The number of primary amides is 1. The van der Waals surface area contributed by atoms with E-state index in [0.717, 1.165) is 37.6 Å². The van der Waals surface area contributed by atoms with Crippen LogP contribution in [0.4, 0.5) is 10.7 Å². The summed E-state index contributed by atoms with van der Waals surface area (Å²) < 4.78 is 5.27. The molecule has 0 radical (unpaired) electrons. The van der Waals surface area contributed by atoms with Crippen LogP contribution < -0.4 is 20.7 Å². The van der Waals surface area contributed by atoms with E-state index >= 15 is 0 Å². The van der Waals surface area contributed by atoms with Crippen molar-refractivity contribution in [2.24, 2.45) is 5.73 Å². The third-order valence-electron chi connectivity index (χ3n) is 4.34. The normalized spacial score (nSPS) is 14.9. The van der Waals surface area contributed by atoms with Crippen molar-refractivity contribution in [3.8, 4) is 5.75 Å². The number of carbonyl (C=O) groups is 2. The molecule has 1 aromatic heterocycles. The van der Waals surface area contributed by atoms with Crippen LogP contribution in [0.2, 0.25) is 0 Å². The van der Waals surface area contributed by atoms with Crippen LogP contribution in [0.3, 0.4) is 0 Å². The van der Waals surface area contributed by atoms with Gasteiger partial charge in [-0.3, -0.25) is 14.5 Å². The number of nitrogens with one attached hydrogen (secondary N) is 1. The van der Waals surface area contributed by atoms with Gasteiger partial charge in [-0.25, -0.2) is 0 Å². The number of hydrogen-bond acceptors (Lipinski definition) is 6. The van der Waals surface area contributed by atoms with Gasteiger partial charge in [0.05, 0.1) is 19.2 Å². The Hall–Kier alpha value is -2.58. The summed E-state index contributed by atoms with van der Waals surface area (Å²) in [6.45, 7) is 3.55. The lowest BCUT2D eigenvalue weighted by Gasteiger charge is -2.35. The fourth-order valence-electron chi connectivity index (χ4n) is 2.94. The first-order chi connectivity index (χ1) is 12.6. The SMILES string of the molecule is COc1cccc(N2CCN(CC(=O)Nc3sccc3C(N)=O)CC2)c1. The molecule has 26 heavy (non-hydrogen) atoms. The van der Waals surface area contributed by atoms with Crippen LogP contribution in [0.1, 0.15) is 10.4 Å². The van der Waals surface area contributed by atoms with E-state index in [4.69, 9.17) is 10.5 Å². The molecule has 0 aliphatic carbocycles. The lowest BCUT2D eigenvalue weighted by Crippen LogP contribution is -2.48. The monoisotopic (exact) mass is 374 g/mol. The molecule has 0 atom stereocenters. The zero-order valence-corrected chi connectivity index (χ0v) is 15.4. The van der Waals surface area contributed by atoms with Crippen LogP contribution in [0.25, 0.3) is 0 Å². The Morgan fingerprint density at radius 2 is 2.00 bits per heavy atom. The van der Waals surface area contributed by atoms with Gasteiger partial charge in [-0.2, -0.15) is 0 Å². The molecule has 3 N–H and O–H groups in total. The summed E-state index contributed by atoms with van der Waals surface area (Å²) >= 11 is 1.30. The fourth-order valence-corrected chi connectivity index (χ4v) is 3.75. The summed E-state index contributed by atoms with van der Waals surface area (Å²) in [7, 11) is 1.66. The molecule has 1 saturated heterocycles. The average molecular weight is 374 g/mol. The van der Waals surface area contributed by atoms with Crippen molar-refractivity contribution in [2.45, 2.75) is 0 Å². The van der Waals surface area contributed by atoms with Gasteiger partial charge in [-0.05, 0) is 23.6 Å². The van der Waals surface area contributed by atoms with Gasteiger partial charge in [0, 0.05) is 37.9 Å². The number of nitrogens with zero attached hydrogens (tertiary/aromatic N) is 2. The molecule has 1 aliphatic heterocycles. The summed E-state index contributed by atoms with van der Waals surface area (Å²) in [5, 5.41) is 5.03. The molecule has 0 unspecified atom stereocenters. The summed E-state index contributed by atoms with van der Waals surface area (Å²) in [6.07, 6.45) is 0. The largest absolute Gasteiger partial charge is 0.497 e. The summed E-state index contributed by atoms with van der Waals surface area (Å²) in [6, 6.07) is 9.60. The minimum absolute atomic E-state index is 0.134. The van der Waals surface area contributed by atoms with Crippen LogP contribution >= 0.6 is 11.3 Å². The average Bonchev–Trinajstić information content (AvgIpc) is 3.10. The van der Waals surface area contributed by atoms with Gasteiger partial charge in [0.15, 0.2) is 0 Å². The highest BCUT2D eigenvalue weighted by Gasteiger charge is 2.20. The second kappa shape index (κ2) is 8.20. The number of rotatable bonds is 6. The lowest BCUT2D eigenvalue weighted by molar-refractivity contribution is -0.117. The molecule has 2 aromatic rings. The van der Waals surface area contributed by atoms with Crippen molar-refractivity contribution in [1.82, 2.24) is 4.90 Å². The quantitative estimate of drug-likeness (QED) is 0.802. The minimum Gasteiger partial charge on any atom is -0.497 e. The van der Waals surface area contributed by atoms with Crippen molar-refractivity contribution in [3.63, 3.8) is 0 Å². The predicted molar refractivity (Wildman–Crippen MR) is 103 cm³/mol. The third-order valence-corrected chi connectivity index (χ3v) is 5.17. The number of ether oxygens (including phenoxy) is 1. The highest BCUT2D eigenvalue weighted by molar-refractivity contribution is 7.14. The number of methoxy groups -OCH3 is 1. The van der Waals surface area contributed by atoms with Crippen molar-refractivity contribution < 1.29 is 14.3 Å². The summed E-state index contributed by atoms with van der Waals surface area (Å²) in [5.74, 6) is 0.170.